The highest BCUT2D eigenvalue weighted by Crippen LogP contribution is 2.12. The summed E-state index contributed by atoms with van der Waals surface area (Å²) in [5, 5.41) is 6.75. The number of benzene rings is 2. The molecule has 0 unspecified atom stereocenters. The van der Waals surface area contributed by atoms with Gasteiger partial charge >= 0.3 is 0 Å². The van der Waals surface area contributed by atoms with Gasteiger partial charge in [-0.2, -0.15) is 0 Å². The van der Waals surface area contributed by atoms with Crippen molar-refractivity contribution in [2.75, 3.05) is 6.54 Å². The summed E-state index contributed by atoms with van der Waals surface area (Å²) in [6.07, 6.45) is 6.22. The molecular formula is C21H20Cl2N2O2. The van der Waals surface area contributed by atoms with Gasteiger partial charge in [0.25, 0.3) is 0 Å². The zero-order valence-electron chi connectivity index (χ0n) is 14.8. The maximum Gasteiger partial charge on any atom is 0.244 e. The fourth-order valence-corrected chi connectivity index (χ4v) is 2.62. The van der Waals surface area contributed by atoms with Crippen molar-refractivity contribution >= 4 is 47.2 Å². The lowest BCUT2D eigenvalue weighted by atomic mass is 10.2. The summed E-state index contributed by atoms with van der Waals surface area (Å²) in [4.78, 5) is 23.8. The van der Waals surface area contributed by atoms with Crippen LogP contribution in [0, 0.1) is 0 Å². The van der Waals surface area contributed by atoms with Crippen LogP contribution in [-0.2, 0) is 9.59 Å². The quantitative estimate of drug-likeness (QED) is 0.676. The van der Waals surface area contributed by atoms with Crippen LogP contribution in [0.4, 0.5) is 0 Å². The second-order valence-corrected chi connectivity index (χ2v) is 6.80. The first-order valence-electron chi connectivity index (χ1n) is 8.38. The highest BCUT2D eigenvalue weighted by molar-refractivity contribution is 6.31. The SMILES string of the molecule is C[C@H](CNC(=O)/C=C\c1cccc(Cl)c1)NC(=O)/C=C/c1cccc(Cl)c1. The maximum absolute atomic E-state index is 11.9. The normalized spacial score (nSPS) is 12.3. The van der Waals surface area contributed by atoms with Crippen LogP contribution in [0.1, 0.15) is 18.1 Å². The molecule has 0 aliphatic heterocycles. The van der Waals surface area contributed by atoms with Crippen molar-refractivity contribution in [2.24, 2.45) is 0 Å². The Labute approximate surface area is 168 Å². The summed E-state index contributed by atoms with van der Waals surface area (Å²) < 4.78 is 0. The minimum Gasteiger partial charge on any atom is -0.351 e. The van der Waals surface area contributed by atoms with Gasteiger partial charge < -0.3 is 10.6 Å². The molecule has 0 aliphatic carbocycles. The number of halogens is 2. The Balaban J connectivity index is 1.75. The topological polar surface area (TPSA) is 58.2 Å². The first-order chi connectivity index (χ1) is 12.9. The van der Waals surface area contributed by atoms with E-state index in [1.807, 2.05) is 31.2 Å². The third-order valence-corrected chi connectivity index (χ3v) is 3.99. The second-order valence-electron chi connectivity index (χ2n) is 5.93. The van der Waals surface area contributed by atoms with Crippen LogP contribution < -0.4 is 10.6 Å². The smallest absolute Gasteiger partial charge is 0.244 e. The third-order valence-electron chi connectivity index (χ3n) is 3.52. The molecule has 2 N–H and O–H groups in total. The van der Waals surface area contributed by atoms with Crippen LogP contribution in [0.3, 0.4) is 0 Å². The van der Waals surface area contributed by atoms with E-state index < -0.39 is 0 Å². The lowest BCUT2D eigenvalue weighted by Crippen LogP contribution is -2.40. The highest BCUT2D eigenvalue weighted by atomic mass is 35.5. The zero-order valence-corrected chi connectivity index (χ0v) is 16.3. The number of nitrogens with one attached hydrogen (secondary N) is 2. The standard InChI is InChI=1S/C21H20Cl2N2O2/c1-15(25-21(27)11-9-17-5-3-7-19(23)13-17)14-24-20(26)10-8-16-4-2-6-18(22)12-16/h2-13,15H,14H2,1H3,(H,24,26)(H,25,27)/b10-8-,11-9+/t15-/m1/s1. The summed E-state index contributed by atoms with van der Waals surface area (Å²) in [6, 6.07) is 14.2. The van der Waals surface area contributed by atoms with Gasteiger partial charge in [0.1, 0.15) is 0 Å². The van der Waals surface area contributed by atoms with Crippen LogP contribution >= 0.6 is 23.2 Å². The second kappa shape index (κ2) is 10.6. The molecule has 2 amide bonds. The molecule has 0 saturated heterocycles. The van der Waals surface area contributed by atoms with E-state index in [-0.39, 0.29) is 17.9 Å². The van der Waals surface area contributed by atoms with E-state index in [2.05, 4.69) is 10.6 Å². The minimum atomic E-state index is -0.245. The van der Waals surface area contributed by atoms with Crippen molar-refractivity contribution in [1.29, 1.82) is 0 Å². The van der Waals surface area contributed by atoms with Gasteiger partial charge in [-0.3, -0.25) is 9.59 Å². The largest absolute Gasteiger partial charge is 0.351 e. The van der Waals surface area contributed by atoms with Crippen molar-refractivity contribution in [1.82, 2.24) is 10.6 Å². The highest BCUT2D eigenvalue weighted by Gasteiger charge is 2.06. The molecule has 2 rings (SSSR count). The molecule has 0 aliphatic rings. The summed E-state index contributed by atoms with van der Waals surface area (Å²) in [6.45, 7) is 2.13. The molecule has 0 bridgehead atoms. The van der Waals surface area contributed by atoms with E-state index in [0.29, 0.717) is 16.6 Å². The van der Waals surface area contributed by atoms with Crippen molar-refractivity contribution in [3.8, 4) is 0 Å². The molecular weight excluding hydrogens is 383 g/mol. The van der Waals surface area contributed by atoms with Crippen molar-refractivity contribution in [2.45, 2.75) is 13.0 Å². The van der Waals surface area contributed by atoms with Gasteiger partial charge in [0.05, 0.1) is 0 Å². The van der Waals surface area contributed by atoms with E-state index in [4.69, 9.17) is 23.2 Å². The van der Waals surface area contributed by atoms with Gasteiger partial charge in [0, 0.05) is 34.8 Å². The molecule has 27 heavy (non-hydrogen) atoms. The number of carbonyl (C=O) groups is 2. The average Bonchev–Trinajstić information content (AvgIpc) is 2.63. The number of hydrogen-bond acceptors (Lipinski definition) is 2. The zero-order chi connectivity index (χ0) is 19.6. The fraction of sp³-hybridized carbons (Fsp3) is 0.143. The molecule has 0 saturated carbocycles. The molecule has 6 heteroatoms. The lowest BCUT2D eigenvalue weighted by molar-refractivity contribution is -0.118. The Morgan fingerprint density at radius 3 is 1.96 bits per heavy atom. The Hall–Kier alpha value is -2.56. The van der Waals surface area contributed by atoms with Gasteiger partial charge in [0.2, 0.25) is 11.8 Å². The van der Waals surface area contributed by atoms with Crippen LogP contribution in [0.5, 0.6) is 0 Å². The molecule has 0 heterocycles. The van der Waals surface area contributed by atoms with Crippen LogP contribution in [-0.4, -0.2) is 24.4 Å². The molecule has 4 nitrogen and oxygen atoms in total. The van der Waals surface area contributed by atoms with Gasteiger partial charge in [-0.05, 0) is 54.5 Å². The Morgan fingerprint density at radius 1 is 0.926 bits per heavy atom. The number of amides is 2. The molecule has 0 aromatic heterocycles. The molecule has 0 fully saturated rings. The third kappa shape index (κ3) is 8.11. The summed E-state index contributed by atoms with van der Waals surface area (Å²) in [5.41, 5.74) is 1.68. The fourth-order valence-electron chi connectivity index (χ4n) is 2.22. The minimum absolute atomic E-state index is 0.218. The van der Waals surface area contributed by atoms with Gasteiger partial charge in [0.15, 0.2) is 0 Å². The van der Waals surface area contributed by atoms with E-state index in [1.54, 1.807) is 36.4 Å². The first-order valence-corrected chi connectivity index (χ1v) is 9.13. The summed E-state index contributed by atoms with van der Waals surface area (Å²) in [5.74, 6) is -0.489. The van der Waals surface area contributed by atoms with Crippen molar-refractivity contribution < 1.29 is 9.59 Å². The maximum atomic E-state index is 11.9. The average molecular weight is 403 g/mol. The van der Waals surface area contributed by atoms with Gasteiger partial charge in [-0.15, -0.1) is 0 Å². The molecule has 0 spiro atoms. The number of rotatable bonds is 7. The molecule has 140 valence electrons. The lowest BCUT2D eigenvalue weighted by Gasteiger charge is -2.12. The molecule has 2 aromatic carbocycles. The summed E-state index contributed by atoms with van der Waals surface area (Å²) >= 11 is 11.8. The van der Waals surface area contributed by atoms with Crippen molar-refractivity contribution in [3.05, 3.63) is 81.9 Å². The Kier molecular flexibility index (Phi) is 8.11. The number of hydrogen-bond donors (Lipinski definition) is 2. The molecule has 1 atom stereocenters. The van der Waals surface area contributed by atoms with Gasteiger partial charge in [-0.1, -0.05) is 47.5 Å². The molecule has 2 aromatic rings. The Morgan fingerprint density at radius 2 is 1.44 bits per heavy atom. The van der Waals surface area contributed by atoms with Gasteiger partial charge in [-0.25, -0.2) is 0 Å². The van der Waals surface area contributed by atoms with Crippen LogP contribution in [0.2, 0.25) is 10.0 Å². The Bertz CT molecular complexity index is 863. The van der Waals surface area contributed by atoms with E-state index >= 15 is 0 Å². The summed E-state index contributed by atoms with van der Waals surface area (Å²) in [7, 11) is 0. The van der Waals surface area contributed by atoms with E-state index in [1.165, 1.54) is 12.2 Å². The monoisotopic (exact) mass is 402 g/mol. The predicted molar refractivity (Wildman–Crippen MR) is 112 cm³/mol. The first kappa shape index (κ1) is 20.7. The van der Waals surface area contributed by atoms with Crippen LogP contribution in [0.25, 0.3) is 12.2 Å². The van der Waals surface area contributed by atoms with Crippen LogP contribution in [0.15, 0.2) is 60.7 Å². The number of carbonyl (C=O) groups excluding carboxylic acids is 2. The predicted octanol–water partition coefficient (Wildman–Crippen LogP) is 4.34. The van der Waals surface area contributed by atoms with E-state index in [0.717, 1.165) is 11.1 Å². The van der Waals surface area contributed by atoms with Crippen molar-refractivity contribution in [3.63, 3.8) is 0 Å². The van der Waals surface area contributed by atoms with E-state index in [9.17, 15) is 9.59 Å². The molecule has 0 radical (unpaired) electrons.